The SMILES string of the molecule is CC(=O)c1cccc(S(=O)(=O)NCCc2ccn[nH]2)c1. The lowest BCUT2D eigenvalue weighted by Crippen LogP contribution is -2.26. The van der Waals surface area contributed by atoms with Crippen LogP contribution >= 0.6 is 0 Å². The first-order valence-corrected chi connectivity index (χ1v) is 7.56. The first-order valence-electron chi connectivity index (χ1n) is 6.08. The van der Waals surface area contributed by atoms with Crippen LogP contribution in [0.3, 0.4) is 0 Å². The maximum atomic E-state index is 12.1. The number of carbonyl (C=O) groups excluding carboxylic acids is 1. The molecule has 7 heteroatoms. The van der Waals surface area contributed by atoms with Crippen LogP contribution in [0.2, 0.25) is 0 Å². The zero-order valence-electron chi connectivity index (χ0n) is 11.0. The Bertz CT molecular complexity index is 693. The second-order valence-electron chi connectivity index (χ2n) is 4.31. The normalized spacial score (nSPS) is 11.4. The number of nitrogens with one attached hydrogen (secondary N) is 2. The summed E-state index contributed by atoms with van der Waals surface area (Å²) in [6, 6.07) is 7.77. The van der Waals surface area contributed by atoms with Gasteiger partial charge >= 0.3 is 0 Å². The Morgan fingerprint density at radius 2 is 2.15 bits per heavy atom. The maximum Gasteiger partial charge on any atom is 0.240 e. The molecule has 0 aliphatic carbocycles. The predicted molar refractivity (Wildman–Crippen MR) is 73.9 cm³/mol. The topological polar surface area (TPSA) is 91.9 Å². The van der Waals surface area contributed by atoms with Gasteiger partial charge < -0.3 is 0 Å². The Labute approximate surface area is 117 Å². The smallest absolute Gasteiger partial charge is 0.240 e. The molecule has 0 unspecified atom stereocenters. The molecule has 0 amide bonds. The molecule has 1 heterocycles. The number of hydrogen-bond acceptors (Lipinski definition) is 4. The number of H-pyrrole nitrogens is 1. The lowest BCUT2D eigenvalue weighted by molar-refractivity contribution is 0.101. The maximum absolute atomic E-state index is 12.1. The molecule has 0 spiro atoms. The van der Waals surface area contributed by atoms with E-state index in [2.05, 4.69) is 14.9 Å². The van der Waals surface area contributed by atoms with Crippen LogP contribution in [0.5, 0.6) is 0 Å². The van der Waals surface area contributed by atoms with Crippen LogP contribution in [0.4, 0.5) is 0 Å². The van der Waals surface area contributed by atoms with Crippen molar-refractivity contribution >= 4 is 15.8 Å². The number of aromatic nitrogens is 2. The molecule has 0 bridgehead atoms. The number of rotatable bonds is 6. The van der Waals surface area contributed by atoms with Crippen molar-refractivity contribution in [3.8, 4) is 0 Å². The van der Waals surface area contributed by atoms with Gasteiger partial charge in [-0.3, -0.25) is 9.89 Å². The van der Waals surface area contributed by atoms with Crippen molar-refractivity contribution in [2.45, 2.75) is 18.2 Å². The molecule has 2 aromatic rings. The average molecular weight is 293 g/mol. The van der Waals surface area contributed by atoms with Gasteiger partial charge in [0.05, 0.1) is 4.90 Å². The minimum Gasteiger partial charge on any atom is -0.295 e. The number of benzene rings is 1. The van der Waals surface area contributed by atoms with E-state index in [4.69, 9.17) is 0 Å². The number of carbonyl (C=O) groups is 1. The highest BCUT2D eigenvalue weighted by Gasteiger charge is 2.14. The van der Waals surface area contributed by atoms with Crippen LogP contribution in [-0.2, 0) is 16.4 Å². The van der Waals surface area contributed by atoms with Gasteiger partial charge in [-0.15, -0.1) is 0 Å². The Kier molecular flexibility index (Phi) is 4.31. The van der Waals surface area contributed by atoms with Crippen molar-refractivity contribution in [3.63, 3.8) is 0 Å². The van der Waals surface area contributed by atoms with Gasteiger partial charge in [0.1, 0.15) is 0 Å². The lowest BCUT2D eigenvalue weighted by atomic mass is 10.2. The van der Waals surface area contributed by atoms with Gasteiger partial charge in [0.2, 0.25) is 10.0 Å². The quantitative estimate of drug-likeness (QED) is 0.781. The second-order valence-corrected chi connectivity index (χ2v) is 6.08. The molecular weight excluding hydrogens is 278 g/mol. The van der Waals surface area contributed by atoms with Crippen molar-refractivity contribution in [2.24, 2.45) is 0 Å². The van der Waals surface area contributed by atoms with Crippen molar-refractivity contribution in [1.82, 2.24) is 14.9 Å². The van der Waals surface area contributed by atoms with Crippen molar-refractivity contribution in [2.75, 3.05) is 6.54 Å². The molecular formula is C13H15N3O3S. The molecule has 0 fully saturated rings. The summed E-state index contributed by atoms with van der Waals surface area (Å²) in [5.41, 5.74) is 1.23. The molecule has 6 nitrogen and oxygen atoms in total. The predicted octanol–water partition coefficient (Wildman–Crippen LogP) is 1.13. The number of Topliss-reactive ketones (excluding diaryl/α,β-unsaturated/α-hetero) is 1. The zero-order valence-corrected chi connectivity index (χ0v) is 11.8. The summed E-state index contributed by atoms with van der Waals surface area (Å²) in [5.74, 6) is -0.167. The van der Waals surface area contributed by atoms with Crippen LogP contribution in [0.1, 0.15) is 23.0 Å². The molecule has 1 aromatic carbocycles. The summed E-state index contributed by atoms with van der Waals surface area (Å²) in [6.07, 6.45) is 2.13. The van der Waals surface area contributed by atoms with E-state index >= 15 is 0 Å². The number of hydrogen-bond donors (Lipinski definition) is 2. The van der Waals surface area contributed by atoms with E-state index < -0.39 is 10.0 Å². The van der Waals surface area contributed by atoms with Crippen LogP contribution in [-0.4, -0.2) is 30.9 Å². The first-order chi connectivity index (χ1) is 9.49. The van der Waals surface area contributed by atoms with Gasteiger partial charge in [-0.1, -0.05) is 12.1 Å². The molecule has 2 rings (SSSR count). The average Bonchev–Trinajstić information content (AvgIpc) is 2.92. The van der Waals surface area contributed by atoms with Crippen molar-refractivity contribution in [3.05, 3.63) is 47.8 Å². The Morgan fingerprint density at radius 3 is 2.80 bits per heavy atom. The van der Waals surface area contributed by atoms with Gasteiger partial charge in [-0.2, -0.15) is 5.10 Å². The molecule has 0 atom stereocenters. The summed E-state index contributed by atoms with van der Waals surface area (Å²) in [7, 11) is -3.61. The molecule has 0 radical (unpaired) electrons. The molecule has 0 saturated heterocycles. The van der Waals surface area contributed by atoms with E-state index in [0.717, 1.165) is 5.69 Å². The Hall–Kier alpha value is -1.99. The van der Waals surface area contributed by atoms with Gasteiger partial charge in [0.15, 0.2) is 5.78 Å². The summed E-state index contributed by atoms with van der Waals surface area (Å²) >= 11 is 0. The van der Waals surface area contributed by atoms with Crippen LogP contribution in [0.25, 0.3) is 0 Å². The largest absolute Gasteiger partial charge is 0.295 e. The van der Waals surface area contributed by atoms with Gasteiger partial charge in [-0.25, -0.2) is 13.1 Å². The van der Waals surface area contributed by atoms with Gasteiger partial charge in [0, 0.05) is 30.4 Å². The molecule has 0 saturated carbocycles. The van der Waals surface area contributed by atoms with Crippen LogP contribution in [0.15, 0.2) is 41.4 Å². The Balaban J connectivity index is 2.06. The van der Waals surface area contributed by atoms with Crippen molar-refractivity contribution < 1.29 is 13.2 Å². The van der Waals surface area contributed by atoms with Gasteiger partial charge in [0.25, 0.3) is 0 Å². The number of sulfonamides is 1. The summed E-state index contributed by atoms with van der Waals surface area (Å²) in [4.78, 5) is 11.4. The number of aromatic amines is 1. The fraction of sp³-hybridized carbons (Fsp3) is 0.231. The van der Waals surface area contributed by atoms with E-state index in [1.54, 1.807) is 24.4 Å². The van der Waals surface area contributed by atoms with Crippen molar-refractivity contribution in [1.29, 1.82) is 0 Å². The minimum atomic E-state index is -3.61. The van der Waals surface area contributed by atoms with E-state index in [1.165, 1.54) is 19.1 Å². The molecule has 2 N–H and O–H groups in total. The molecule has 106 valence electrons. The Morgan fingerprint density at radius 1 is 1.35 bits per heavy atom. The third-order valence-electron chi connectivity index (χ3n) is 2.80. The molecule has 20 heavy (non-hydrogen) atoms. The summed E-state index contributed by atoms with van der Waals surface area (Å²) in [5, 5.41) is 6.54. The minimum absolute atomic E-state index is 0.0924. The fourth-order valence-corrected chi connectivity index (χ4v) is 2.79. The van der Waals surface area contributed by atoms with Crippen LogP contribution in [0, 0.1) is 0 Å². The van der Waals surface area contributed by atoms with E-state index in [0.29, 0.717) is 12.0 Å². The number of ketones is 1. The fourth-order valence-electron chi connectivity index (χ4n) is 1.71. The summed E-state index contributed by atoms with van der Waals surface area (Å²) in [6.45, 7) is 1.66. The lowest BCUT2D eigenvalue weighted by Gasteiger charge is -2.07. The third kappa shape index (κ3) is 3.52. The highest BCUT2D eigenvalue weighted by atomic mass is 32.2. The molecule has 1 aromatic heterocycles. The van der Waals surface area contributed by atoms with Crippen LogP contribution < -0.4 is 4.72 Å². The van der Waals surface area contributed by atoms with E-state index in [1.807, 2.05) is 0 Å². The molecule has 0 aliphatic heterocycles. The highest BCUT2D eigenvalue weighted by Crippen LogP contribution is 2.12. The zero-order chi connectivity index (χ0) is 14.6. The highest BCUT2D eigenvalue weighted by molar-refractivity contribution is 7.89. The second kappa shape index (κ2) is 5.98. The standard InChI is InChI=1S/C13H15N3O3S/c1-10(17)11-3-2-4-13(9-11)20(18,19)15-8-6-12-5-7-14-16-12/h2-5,7,9,15H,6,8H2,1H3,(H,14,16). The number of nitrogens with zero attached hydrogens (tertiary/aromatic N) is 1. The summed E-state index contributed by atoms with van der Waals surface area (Å²) < 4.78 is 26.7. The van der Waals surface area contributed by atoms with E-state index in [-0.39, 0.29) is 17.2 Å². The monoisotopic (exact) mass is 293 g/mol. The first kappa shape index (κ1) is 14.4. The molecule has 0 aliphatic rings. The third-order valence-corrected chi connectivity index (χ3v) is 4.25. The van der Waals surface area contributed by atoms with E-state index in [9.17, 15) is 13.2 Å². The van der Waals surface area contributed by atoms with Gasteiger partial charge in [-0.05, 0) is 25.1 Å².